The Labute approximate surface area is 133 Å². The second kappa shape index (κ2) is 5.71. The molecule has 1 aliphatic rings. The molecule has 0 atom stereocenters. The second-order valence-corrected chi connectivity index (χ2v) is 5.42. The molecule has 114 valence electrons. The van der Waals surface area contributed by atoms with E-state index in [0.717, 1.165) is 48.9 Å². The molecule has 1 fully saturated rings. The van der Waals surface area contributed by atoms with Gasteiger partial charge < -0.3 is 9.64 Å². The third-order valence-electron chi connectivity index (χ3n) is 4.05. The number of pyridine rings is 1. The average molecular weight is 305 g/mol. The maximum Gasteiger partial charge on any atom is 0.158 e. The Morgan fingerprint density at radius 1 is 1.09 bits per heavy atom. The number of morpholine rings is 1. The first-order valence-corrected chi connectivity index (χ1v) is 7.52. The van der Waals surface area contributed by atoms with Crippen molar-refractivity contribution in [2.24, 2.45) is 0 Å². The van der Waals surface area contributed by atoms with Crippen LogP contribution in [0.3, 0.4) is 0 Å². The van der Waals surface area contributed by atoms with E-state index in [0.29, 0.717) is 5.56 Å². The molecule has 0 saturated carbocycles. The minimum Gasteiger partial charge on any atom is -0.378 e. The molecule has 6 nitrogen and oxygen atoms in total. The third kappa shape index (κ3) is 2.51. The predicted octanol–water partition coefficient (Wildman–Crippen LogP) is 2.10. The van der Waals surface area contributed by atoms with Gasteiger partial charge in [0.2, 0.25) is 0 Å². The van der Waals surface area contributed by atoms with E-state index >= 15 is 0 Å². The first-order chi connectivity index (χ1) is 11.3. The number of aromatic nitrogens is 3. The van der Waals surface area contributed by atoms with Gasteiger partial charge in [0, 0.05) is 30.4 Å². The molecule has 2 aromatic heterocycles. The summed E-state index contributed by atoms with van der Waals surface area (Å²) in [7, 11) is 0. The van der Waals surface area contributed by atoms with Crippen LogP contribution in [0, 0.1) is 11.3 Å². The van der Waals surface area contributed by atoms with Crippen LogP contribution in [0.25, 0.3) is 16.9 Å². The second-order valence-electron chi connectivity index (χ2n) is 5.42. The van der Waals surface area contributed by atoms with Gasteiger partial charge in [0.05, 0.1) is 30.5 Å². The van der Waals surface area contributed by atoms with Gasteiger partial charge in [-0.15, -0.1) is 0 Å². The molecule has 0 bridgehead atoms. The molecule has 4 rings (SSSR count). The molecule has 1 aliphatic heterocycles. The molecule has 0 N–H and O–H groups in total. The zero-order valence-corrected chi connectivity index (χ0v) is 12.5. The molecule has 3 heterocycles. The van der Waals surface area contributed by atoms with Crippen LogP contribution in [0.4, 0.5) is 5.69 Å². The quantitative estimate of drug-likeness (QED) is 0.725. The van der Waals surface area contributed by atoms with Gasteiger partial charge in [0.15, 0.2) is 5.65 Å². The highest BCUT2D eigenvalue weighted by Gasteiger charge is 2.15. The number of benzene rings is 1. The van der Waals surface area contributed by atoms with Crippen LogP contribution < -0.4 is 4.90 Å². The van der Waals surface area contributed by atoms with Crippen LogP contribution in [-0.2, 0) is 4.74 Å². The van der Waals surface area contributed by atoms with Gasteiger partial charge in [-0.05, 0) is 18.2 Å². The van der Waals surface area contributed by atoms with Crippen molar-refractivity contribution in [1.82, 2.24) is 14.6 Å². The van der Waals surface area contributed by atoms with E-state index in [1.165, 1.54) is 0 Å². The topological polar surface area (TPSA) is 66.5 Å². The minimum absolute atomic E-state index is 0.646. The van der Waals surface area contributed by atoms with Crippen LogP contribution in [0.2, 0.25) is 0 Å². The van der Waals surface area contributed by atoms with Crippen molar-refractivity contribution in [3.05, 3.63) is 48.3 Å². The van der Waals surface area contributed by atoms with E-state index in [1.807, 2.05) is 34.8 Å². The van der Waals surface area contributed by atoms with E-state index in [9.17, 15) is 0 Å². The van der Waals surface area contributed by atoms with Crippen molar-refractivity contribution in [2.75, 3.05) is 31.2 Å². The van der Waals surface area contributed by atoms with E-state index in [1.54, 1.807) is 6.33 Å². The lowest BCUT2D eigenvalue weighted by molar-refractivity contribution is 0.122. The largest absolute Gasteiger partial charge is 0.378 e. The van der Waals surface area contributed by atoms with Crippen molar-refractivity contribution in [3.8, 4) is 17.3 Å². The number of hydrogen-bond acceptors (Lipinski definition) is 5. The van der Waals surface area contributed by atoms with Crippen LogP contribution in [-0.4, -0.2) is 40.9 Å². The molecule has 6 heteroatoms. The number of hydrogen-bond donors (Lipinski definition) is 0. The van der Waals surface area contributed by atoms with Crippen LogP contribution in [0.1, 0.15) is 5.56 Å². The van der Waals surface area contributed by atoms with Gasteiger partial charge in [-0.2, -0.15) is 10.4 Å². The Kier molecular flexibility index (Phi) is 3.41. The summed E-state index contributed by atoms with van der Waals surface area (Å²) in [6, 6.07) is 13.8. The summed E-state index contributed by atoms with van der Waals surface area (Å²) in [6.45, 7) is 3.22. The van der Waals surface area contributed by atoms with Gasteiger partial charge in [0.1, 0.15) is 6.33 Å². The van der Waals surface area contributed by atoms with E-state index in [4.69, 9.17) is 10.00 Å². The first-order valence-electron chi connectivity index (χ1n) is 7.52. The zero-order valence-electron chi connectivity index (χ0n) is 12.5. The molecule has 0 unspecified atom stereocenters. The predicted molar refractivity (Wildman–Crippen MR) is 86.2 cm³/mol. The highest BCUT2D eigenvalue weighted by Crippen LogP contribution is 2.27. The van der Waals surface area contributed by atoms with Crippen molar-refractivity contribution >= 4 is 11.3 Å². The summed E-state index contributed by atoms with van der Waals surface area (Å²) in [5.74, 6) is 0. The number of anilines is 1. The average Bonchev–Trinajstić information content (AvgIpc) is 3.10. The number of nitrogens with zero attached hydrogens (tertiary/aromatic N) is 5. The summed E-state index contributed by atoms with van der Waals surface area (Å²) in [5.41, 5.74) is 4.55. The Balaban J connectivity index is 1.83. The highest BCUT2D eigenvalue weighted by atomic mass is 16.5. The monoisotopic (exact) mass is 305 g/mol. The Morgan fingerprint density at radius 3 is 2.61 bits per heavy atom. The normalized spacial score (nSPS) is 14.8. The maximum absolute atomic E-state index is 8.96. The fourth-order valence-electron chi connectivity index (χ4n) is 2.83. The molecule has 0 aliphatic carbocycles. The summed E-state index contributed by atoms with van der Waals surface area (Å²) in [5, 5.41) is 13.3. The van der Waals surface area contributed by atoms with Gasteiger partial charge in [-0.25, -0.2) is 9.50 Å². The van der Waals surface area contributed by atoms with Crippen molar-refractivity contribution in [3.63, 3.8) is 0 Å². The fraction of sp³-hybridized carbons (Fsp3) is 0.235. The molecular formula is C17H15N5O. The SMILES string of the molecule is N#Cc1ccc(-c2cc(N3CCOCC3)cc3ncnn23)cc1. The molecule has 0 amide bonds. The zero-order chi connectivity index (χ0) is 15.6. The lowest BCUT2D eigenvalue weighted by Crippen LogP contribution is -2.36. The lowest BCUT2D eigenvalue weighted by Gasteiger charge is -2.29. The van der Waals surface area contributed by atoms with E-state index in [2.05, 4.69) is 27.1 Å². The number of rotatable bonds is 2. The number of nitriles is 1. The van der Waals surface area contributed by atoms with Crippen molar-refractivity contribution in [2.45, 2.75) is 0 Å². The molecule has 1 aromatic carbocycles. The molecule has 1 saturated heterocycles. The van der Waals surface area contributed by atoms with Crippen LogP contribution in [0.5, 0.6) is 0 Å². The first kappa shape index (κ1) is 13.7. The number of ether oxygens (including phenoxy) is 1. The molecule has 23 heavy (non-hydrogen) atoms. The smallest absolute Gasteiger partial charge is 0.158 e. The maximum atomic E-state index is 8.96. The Hall–Kier alpha value is -2.91. The van der Waals surface area contributed by atoms with Gasteiger partial charge in [0.25, 0.3) is 0 Å². The van der Waals surface area contributed by atoms with Crippen molar-refractivity contribution < 1.29 is 4.74 Å². The third-order valence-corrected chi connectivity index (χ3v) is 4.05. The summed E-state index contributed by atoms with van der Waals surface area (Å²) < 4.78 is 7.25. The van der Waals surface area contributed by atoms with E-state index < -0.39 is 0 Å². The fourth-order valence-corrected chi connectivity index (χ4v) is 2.83. The van der Waals surface area contributed by atoms with Crippen molar-refractivity contribution in [1.29, 1.82) is 5.26 Å². The molecule has 0 spiro atoms. The number of fused-ring (bicyclic) bond motifs is 1. The van der Waals surface area contributed by atoms with Gasteiger partial charge in [-0.3, -0.25) is 0 Å². The molecular weight excluding hydrogens is 290 g/mol. The molecule has 3 aromatic rings. The van der Waals surface area contributed by atoms with Gasteiger partial charge >= 0.3 is 0 Å². The highest BCUT2D eigenvalue weighted by molar-refractivity contribution is 5.70. The summed E-state index contributed by atoms with van der Waals surface area (Å²) >= 11 is 0. The van der Waals surface area contributed by atoms with Gasteiger partial charge in [-0.1, -0.05) is 12.1 Å². The summed E-state index contributed by atoms with van der Waals surface area (Å²) in [6.07, 6.45) is 1.56. The standard InChI is InChI=1S/C17H15N5O/c18-11-13-1-3-14(4-2-13)16-9-15(21-5-7-23-8-6-21)10-17-19-12-20-22(16)17/h1-4,9-10,12H,5-8H2. The van der Waals surface area contributed by atoms with Crippen LogP contribution >= 0.6 is 0 Å². The molecule has 0 radical (unpaired) electrons. The lowest BCUT2D eigenvalue weighted by atomic mass is 10.1. The van der Waals surface area contributed by atoms with Crippen LogP contribution in [0.15, 0.2) is 42.7 Å². The van der Waals surface area contributed by atoms with E-state index in [-0.39, 0.29) is 0 Å². The Bertz CT molecular complexity index is 872. The summed E-state index contributed by atoms with van der Waals surface area (Å²) in [4.78, 5) is 6.63. The Morgan fingerprint density at radius 2 is 1.87 bits per heavy atom. The minimum atomic E-state index is 0.646.